The summed E-state index contributed by atoms with van der Waals surface area (Å²) in [5.74, 6) is 0. The maximum atomic E-state index is 3.66. The molecule has 0 spiro atoms. The topological polar surface area (TPSA) is 0 Å². The van der Waals surface area contributed by atoms with Crippen molar-refractivity contribution in [2.75, 3.05) is 0 Å². The molecule has 0 unspecified atom stereocenters. The van der Waals surface area contributed by atoms with Gasteiger partial charge < -0.3 is 0 Å². The van der Waals surface area contributed by atoms with E-state index in [1.165, 1.54) is 33.4 Å². The molecule has 0 aromatic heterocycles. The molecule has 96 valence electrons. The average Bonchev–Trinajstić information content (AvgIpc) is 2.86. The number of rotatable bonds is 1. The minimum absolute atomic E-state index is 1.03. The van der Waals surface area contributed by atoms with Gasteiger partial charge in [-0.05, 0) is 51.9 Å². The van der Waals surface area contributed by atoms with Crippen molar-refractivity contribution in [1.29, 1.82) is 0 Å². The Morgan fingerprint density at radius 3 is 2.25 bits per heavy atom. The zero-order chi connectivity index (χ0) is 13.5. The monoisotopic (exact) mass is 320 g/mol. The Labute approximate surface area is 127 Å². The predicted octanol–water partition coefficient (Wildman–Crippen LogP) is 5.69. The van der Waals surface area contributed by atoms with Crippen LogP contribution >= 0.6 is 15.9 Å². The quantitative estimate of drug-likeness (QED) is 0.423. The molecule has 20 heavy (non-hydrogen) atoms. The first-order valence-corrected chi connectivity index (χ1v) is 7.58. The van der Waals surface area contributed by atoms with E-state index in [2.05, 4.69) is 82.7 Å². The van der Waals surface area contributed by atoms with Gasteiger partial charge in [0.15, 0.2) is 0 Å². The molecule has 1 aliphatic carbocycles. The van der Waals surface area contributed by atoms with Gasteiger partial charge in [0.05, 0.1) is 0 Å². The largest absolute Gasteiger partial charge is 0.0622 e. The molecule has 1 heteroatoms. The van der Waals surface area contributed by atoms with E-state index in [4.69, 9.17) is 0 Å². The van der Waals surface area contributed by atoms with E-state index < -0.39 is 0 Å². The molecule has 0 fully saturated rings. The van der Waals surface area contributed by atoms with Gasteiger partial charge in [0.25, 0.3) is 0 Å². The highest BCUT2D eigenvalue weighted by atomic mass is 79.9. The van der Waals surface area contributed by atoms with Crippen LogP contribution in [0.25, 0.3) is 22.3 Å². The van der Waals surface area contributed by atoms with E-state index in [-0.39, 0.29) is 0 Å². The standard InChI is InChI=1S/C19H13Br/c20-15-11-17(13-6-2-1-3-7-13)18-10-14-8-4-5-9-16(14)19(18)12-15/h1-9,11-12H,10H2. The fourth-order valence-corrected chi connectivity index (χ4v) is 3.53. The molecule has 0 saturated heterocycles. The Bertz CT molecular complexity index is 788. The highest BCUT2D eigenvalue weighted by Gasteiger charge is 2.21. The normalized spacial score (nSPS) is 12.1. The van der Waals surface area contributed by atoms with Crippen LogP contribution in [-0.4, -0.2) is 0 Å². The van der Waals surface area contributed by atoms with Gasteiger partial charge >= 0.3 is 0 Å². The van der Waals surface area contributed by atoms with E-state index in [9.17, 15) is 0 Å². The molecule has 0 atom stereocenters. The van der Waals surface area contributed by atoms with Crippen LogP contribution < -0.4 is 0 Å². The van der Waals surface area contributed by atoms with Crippen LogP contribution in [0.15, 0.2) is 71.2 Å². The lowest BCUT2D eigenvalue weighted by molar-refractivity contribution is 1.26. The minimum atomic E-state index is 1.03. The van der Waals surface area contributed by atoms with Crippen LogP contribution in [0, 0.1) is 0 Å². The second-order valence-corrected chi connectivity index (χ2v) is 6.10. The van der Waals surface area contributed by atoms with E-state index in [1.807, 2.05) is 0 Å². The number of hydrogen-bond acceptors (Lipinski definition) is 0. The highest BCUT2D eigenvalue weighted by Crippen LogP contribution is 2.43. The molecule has 0 radical (unpaired) electrons. The Hall–Kier alpha value is -1.86. The van der Waals surface area contributed by atoms with Crippen molar-refractivity contribution in [2.24, 2.45) is 0 Å². The maximum absolute atomic E-state index is 3.66. The zero-order valence-corrected chi connectivity index (χ0v) is 12.5. The maximum Gasteiger partial charge on any atom is 0.0187 e. The van der Waals surface area contributed by atoms with Gasteiger partial charge in [0.2, 0.25) is 0 Å². The lowest BCUT2D eigenvalue weighted by Gasteiger charge is -2.10. The third-order valence-corrected chi connectivity index (χ3v) is 4.43. The lowest BCUT2D eigenvalue weighted by atomic mass is 9.96. The van der Waals surface area contributed by atoms with Crippen LogP contribution in [0.1, 0.15) is 11.1 Å². The van der Waals surface area contributed by atoms with Gasteiger partial charge in [-0.2, -0.15) is 0 Å². The van der Waals surface area contributed by atoms with E-state index in [1.54, 1.807) is 0 Å². The summed E-state index contributed by atoms with van der Waals surface area (Å²) in [5, 5.41) is 0. The molecule has 0 saturated carbocycles. The third-order valence-electron chi connectivity index (χ3n) is 3.97. The molecule has 0 nitrogen and oxygen atoms in total. The summed E-state index contributed by atoms with van der Waals surface area (Å²) in [6, 6.07) is 23.8. The smallest absolute Gasteiger partial charge is 0.0187 e. The fourth-order valence-electron chi connectivity index (χ4n) is 3.07. The van der Waals surface area contributed by atoms with Crippen molar-refractivity contribution in [3.63, 3.8) is 0 Å². The minimum Gasteiger partial charge on any atom is -0.0622 e. The van der Waals surface area contributed by atoms with Gasteiger partial charge in [-0.25, -0.2) is 0 Å². The highest BCUT2D eigenvalue weighted by molar-refractivity contribution is 9.10. The van der Waals surface area contributed by atoms with Crippen LogP contribution in [0.5, 0.6) is 0 Å². The summed E-state index contributed by atoms with van der Waals surface area (Å²) < 4.78 is 1.15. The van der Waals surface area contributed by atoms with Gasteiger partial charge in [-0.3, -0.25) is 0 Å². The number of fused-ring (bicyclic) bond motifs is 3. The number of benzene rings is 3. The molecule has 0 heterocycles. The van der Waals surface area contributed by atoms with Crippen molar-refractivity contribution < 1.29 is 0 Å². The van der Waals surface area contributed by atoms with Gasteiger partial charge in [-0.1, -0.05) is 70.5 Å². The Balaban J connectivity index is 1.99. The van der Waals surface area contributed by atoms with Crippen molar-refractivity contribution in [1.82, 2.24) is 0 Å². The summed E-state index contributed by atoms with van der Waals surface area (Å²) >= 11 is 3.66. The van der Waals surface area contributed by atoms with Gasteiger partial charge in [-0.15, -0.1) is 0 Å². The Morgan fingerprint density at radius 2 is 1.40 bits per heavy atom. The third kappa shape index (κ3) is 1.82. The summed E-state index contributed by atoms with van der Waals surface area (Å²) in [6.07, 6.45) is 1.03. The lowest BCUT2D eigenvalue weighted by Crippen LogP contribution is -1.88. The Morgan fingerprint density at radius 1 is 0.700 bits per heavy atom. The second kappa shape index (κ2) is 4.60. The summed E-state index contributed by atoms with van der Waals surface area (Å²) in [5.41, 5.74) is 8.25. The average molecular weight is 321 g/mol. The predicted molar refractivity (Wildman–Crippen MR) is 87.8 cm³/mol. The van der Waals surface area contributed by atoms with Crippen molar-refractivity contribution in [3.05, 3.63) is 82.3 Å². The first kappa shape index (κ1) is 11.9. The van der Waals surface area contributed by atoms with Crippen molar-refractivity contribution in [3.8, 4) is 22.3 Å². The molecule has 3 aromatic rings. The van der Waals surface area contributed by atoms with Crippen molar-refractivity contribution >= 4 is 15.9 Å². The molecule has 1 aliphatic rings. The number of hydrogen-bond donors (Lipinski definition) is 0. The van der Waals surface area contributed by atoms with Crippen molar-refractivity contribution in [2.45, 2.75) is 6.42 Å². The molecule has 4 rings (SSSR count). The molecule has 0 aliphatic heterocycles. The molecular weight excluding hydrogens is 308 g/mol. The van der Waals surface area contributed by atoms with Gasteiger partial charge in [0, 0.05) is 4.47 Å². The first-order valence-electron chi connectivity index (χ1n) is 6.79. The summed E-state index contributed by atoms with van der Waals surface area (Å²) in [7, 11) is 0. The molecule has 0 N–H and O–H groups in total. The first-order chi connectivity index (χ1) is 9.83. The fraction of sp³-hybridized carbons (Fsp3) is 0.0526. The zero-order valence-electron chi connectivity index (χ0n) is 10.9. The van der Waals surface area contributed by atoms with E-state index >= 15 is 0 Å². The molecular formula is C19H13Br. The van der Waals surface area contributed by atoms with E-state index in [0.29, 0.717) is 0 Å². The van der Waals surface area contributed by atoms with E-state index in [0.717, 1.165) is 10.9 Å². The molecule has 3 aromatic carbocycles. The van der Waals surface area contributed by atoms with Crippen LogP contribution in [-0.2, 0) is 6.42 Å². The SMILES string of the molecule is Brc1cc(-c2ccccc2)c2c(c1)-c1ccccc1C2. The van der Waals surface area contributed by atoms with Crippen LogP contribution in [0.3, 0.4) is 0 Å². The van der Waals surface area contributed by atoms with Crippen LogP contribution in [0.2, 0.25) is 0 Å². The summed E-state index contributed by atoms with van der Waals surface area (Å²) in [4.78, 5) is 0. The van der Waals surface area contributed by atoms with Gasteiger partial charge in [0.1, 0.15) is 0 Å². The Kier molecular flexibility index (Phi) is 2.75. The van der Waals surface area contributed by atoms with Crippen LogP contribution in [0.4, 0.5) is 0 Å². The molecule has 0 bridgehead atoms. The second-order valence-electron chi connectivity index (χ2n) is 5.18. The summed E-state index contributed by atoms with van der Waals surface area (Å²) in [6.45, 7) is 0. The number of halogens is 1. The molecule has 0 amide bonds.